The second-order valence-electron chi connectivity index (χ2n) is 5.84. The largest absolute Gasteiger partial charge is 0.420 e. The van der Waals surface area contributed by atoms with E-state index in [2.05, 4.69) is 15.4 Å². The summed E-state index contributed by atoms with van der Waals surface area (Å²) < 4.78 is 40.0. The van der Waals surface area contributed by atoms with Crippen LogP contribution in [0.25, 0.3) is 5.82 Å². The number of hydrogen-bond donors (Lipinski definition) is 3. The van der Waals surface area contributed by atoms with E-state index >= 15 is 0 Å². The van der Waals surface area contributed by atoms with E-state index in [0.29, 0.717) is 16.8 Å². The van der Waals surface area contributed by atoms with Gasteiger partial charge >= 0.3 is 6.18 Å². The number of nitrogens with zero attached hydrogens (tertiary/aromatic N) is 2. The van der Waals surface area contributed by atoms with Crippen LogP contribution in [0.4, 0.5) is 18.9 Å². The summed E-state index contributed by atoms with van der Waals surface area (Å²) >= 11 is 0. The minimum absolute atomic E-state index is 0.00606. The van der Waals surface area contributed by atoms with Crippen molar-refractivity contribution in [2.45, 2.75) is 12.6 Å². The number of carbonyl (C=O) groups excluding carboxylic acids is 1. The summed E-state index contributed by atoms with van der Waals surface area (Å²) in [5, 5.41) is 13.8. The molecular formula is C18H15F3N4O3. The monoisotopic (exact) mass is 392 g/mol. The lowest BCUT2D eigenvalue weighted by Gasteiger charge is -2.11. The second-order valence-corrected chi connectivity index (χ2v) is 5.84. The van der Waals surface area contributed by atoms with Crippen LogP contribution >= 0.6 is 0 Å². The summed E-state index contributed by atoms with van der Waals surface area (Å²) in [6.45, 7) is -0.00606. The maximum Gasteiger partial charge on any atom is 0.420 e. The van der Waals surface area contributed by atoms with Crippen LogP contribution in [-0.4, -0.2) is 32.4 Å². The zero-order valence-electron chi connectivity index (χ0n) is 14.3. The number of carbonyl (C=O) groups is 1. The molecule has 1 aromatic carbocycles. The summed E-state index contributed by atoms with van der Waals surface area (Å²) in [6, 6.07) is 9.44. The summed E-state index contributed by atoms with van der Waals surface area (Å²) in [5.41, 5.74) is -0.884. The van der Waals surface area contributed by atoms with Crippen LogP contribution < -0.4 is 10.9 Å². The highest BCUT2D eigenvalue weighted by Gasteiger charge is 2.35. The van der Waals surface area contributed by atoms with Crippen LogP contribution in [0, 0.1) is 0 Å². The Labute approximate surface area is 156 Å². The number of aliphatic hydroxyl groups is 1. The molecule has 146 valence electrons. The highest BCUT2D eigenvalue weighted by atomic mass is 19.4. The quantitative estimate of drug-likeness (QED) is 0.621. The average molecular weight is 392 g/mol. The van der Waals surface area contributed by atoms with Gasteiger partial charge in [-0.2, -0.15) is 13.2 Å². The van der Waals surface area contributed by atoms with Crippen LogP contribution in [0.1, 0.15) is 21.6 Å². The van der Waals surface area contributed by atoms with Crippen molar-refractivity contribution in [2.75, 3.05) is 11.9 Å². The molecule has 0 atom stereocenters. The van der Waals surface area contributed by atoms with E-state index < -0.39 is 29.0 Å². The first-order valence-electron chi connectivity index (χ1n) is 8.15. The van der Waals surface area contributed by atoms with Crippen LogP contribution in [0.5, 0.6) is 0 Å². The van der Waals surface area contributed by atoms with Gasteiger partial charge in [0.1, 0.15) is 11.3 Å². The van der Waals surface area contributed by atoms with Gasteiger partial charge in [0.25, 0.3) is 11.5 Å². The number of aromatic nitrogens is 3. The second kappa shape index (κ2) is 7.69. The maximum absolute atomic E-state index is 13.1. The molecule has 0 fully saturated rings. The number of H-pyrrole nitrogens is 1. The van der Waals surface area contributed by atoms with Crippen molar-refractivity contribution in [2.24, 2.45) is 0 Å². The highest BCUT2D eigenvalue weighted by molar-refractivity contribution is 6.02. The number of halogens is 3. The molecule has 7 nitrogen and oxygen atoms in total. The van der Waals surface area contributed by atoms with Crippen LogP contribution in [0.2, 0.25) is 0 Å². The van der Waals surface area contributed by atoms with Crippen LogP contribution in [0.15, 0.2) is 53.5 Å². The van der Waals surface area contributed by atoms with Crippen molar-refractivity contribution >= 4 is 11.6 Å². The molecule has 0 spiro atoms. The minimum Gasteiger partial charge on any atom is -0.396 e. The van der Waals surface area contributed by atoms with Gasteiger partial charge in [-0.1, -0.05) is 12.1 Å². The van der Waals surface area contributed by atoms with E-state index in [4.69, 9.17) is 5.11 Å². The number of anilines is 1. The van der Waals surface area contributed by atoms with Crippen molar-refractivity contribution in [1.29, 1.82) is 0 Å². The lowest BCUT2D eigenvalue weighted by Crippen LogP contribution is -2.20. The van der Waals surface area contributed by atoms with Gasteiger partial charge in [0.15, 0.2) is 5.82 Å². The van der Waals surface area contributed by atoms with E-state index in [1.165, 1.54) is 0 Å². The number of alkyl halides is 3. The summed E-state index contributed by atoms with van der Waals surface area (Å²) in [5.74, 6) is -1.34. The summed E-state index contributed by atoms with van der Waals surface area (Å²) in [4.78, 5) is 28.1. The molecule has 0 aliphatic heterocycles. The minimum atomic E-state index is -4.72. The molecule has 0 aliphatic rings. The summed E-state index contributed by atoms with van der Waals surface area (Å²) in [7, 11) is 0. The molecule has 28 heavy (non-hydrogen) atoms. The Balaban J connectivity index is 1.87. The molecule has 10 heteroatoms. The Morgan fingerprint density at radius 3 is 2.57 bits per heavy atom. The third kappa shape index (κ3) is 4.12. The van der Waals surface area contributed by atoms with Crippen molar-refractivity contribution in [3.63, 3.8) is 0 Å². The third-order valence-electron chi connectivity index (χ3n) is 3.88. The standard InChI is InChI=1S/C18H15F3N4O3/c19-18(20,21)13-2-1-8-22-16(13)25-15(27)10-14(24-25)17(28)23-12-5-3-11(4-6-12)7-9-26/h1-6,8,10,24,26H,7,9H2,(H,23,28). The first kappa shape index (κ1) is 19.4. The van der Waals surface area contributed by atoms with Crippen molar-refractivity contribution in [3.05, 3.63) is 75.8 Å². The predicted octanol–water partition coefficient (Wildman–Crippen LogP) is 2.37. The molecule has 0 bridgehead atoms. The van der Waals surface area contributed by atoms with Gasteiger partial charge in [0, 0.05) is 24.6 Å². The van der Waals surface area contributed by atoms with Gasteiger partial charge in [0.05, 0.1) is 0 Å². The SMILES string of the molecule is O=C(Nc1ccc(CCO)cc1)c1cc(=O)n(-c2ncccc2C(F)(F)F)[nH]1. The zero-order chi connectivity index (χ0) is 20.3. The number of pyridine rings is 1. The maximum atomic E-state index is 13.1. The fourth-order valence-electron chi connectivity index (χ4n) is 2.55. The molecule has 0 aliphatic carbocycles. The van der Waals surface area contributed by atoms with E-state index in [1.807, 2.05) is 0 Å². The van der Waals surface area contributed by atoms with Gasteiger partial charge in [-0.3, -0.25) is 14.7 Å². The third-order valence-corrected chi connectivity index (χ3v) is 3.88. The molecule has 3 N–H and O–H groups in total. The topological polar surface area (TPSA) is 100 Å². The smallest absolute Gasteiger partial charge is 0.396 e. The molecule has 2 aromatic heterocycles. The number of nitrogens with one attached hydrogen (secondary N) is 2. The molecule has 3 rings (SSSR count). The predicted molar refractivity (Wildman–Crippen MR) is 94.4 cm³/mol. The van der Waals surface area contributed by atoms with Gasteiger partial charge in [-0.05, 0) is 36.2 Å². The van der Waals surface area contributed by atoms with E-state index in [0.717, 1.165) is 30.0 Å². The molecule has 1 amide bonds. The number of benzene rings is 1. The molecule has 0 saturated heterocycles. The first-order valence-corrected chi connectivity index (χ1v) is 8.15. The molecule has 0 saturated carbocycles. The lowest BCUT2D eigenvalue weighted by atomic mass is 10.1. The van der Waals surface area contributed by atoms with E-state index in [1.54, 1.807) is 24.3 Å². The van der Waals surface area contributed by atoms with Crippen LogP contribution in [0.3, 0.4) is 0 Å². The van der Waals surface area contributed by atoms with Crippen LogP contribution in [-0.2, 0) is 12.6 Å². The summed E-state index contributed by atoms with van der Waals surface area (Å²) in [6.07, 6.45) is -3.13. The Kier molecular flexibility index (Phi) is 5.32. The van der Waals surface area contributed by atoms with E-state index in [-0.39, 0.29) is 12.3 Å². The Morgan fingerprint density at radius 1 is 1.21 bits per heavy atom. The number of aliphatic hydroxyl groups excluding tert-OH is 1. The van der Waals surface area contributed by atoms with Gasteiger partial charge < -0.3 is 10.4 Å². The first-order chi connectivity index (χ1) is 13.3. The highest BCUT2D eigenvalue weighted by Crippen LogP contribution is 2.32. The number of aromatic amines is 1. The van der Waals surface area contributed by atoms with Crippen molar-refractivity contribution in [3.8, 4) is 5.82 Å². The van der Waals surface area contributed by atoms with Gasteiger partial charge in [0.2, 0.25) is 0 Å². The van der Waals surface area contributed by atoms with E-state index in [9.17, 15) is 22.8 Å². The number of hydrogen-bond acceptors (Lipinski definition) is 4. The molecular weight excluding hydrogens is 377 g/mol. The van der Waals surface area contributed by atoms with Crippen molar-refractivity contribution < 1.29 is 23.1 Å². The molecule has 0 unspecified atom stereocenters. The molecule has 3 aromatic rings. The Morgan fingerprint density at radius 2 is 1.93 bits per heavy atom. The van der Waals surface area contributed by atoms with Gasteiger partial charge in [-0.25, -0.2) is 9.67 Å². The fraction of sp³-hybridized carbons (Fsp3) is 0.167. The average Bonchev–Trinajstić information content (AvgIpc) is 3.05. The molecule has 2 heterocycles. The number of amides is 1. The van der Waals surface area contributed by atoms with Crippen molar-refractivity contribution in [1.82, 2.24) is 14.8 Å². The normalized spacial score (nSPS) is 11.4. The number of rotatable bonds is 5. The fourth-order valence-corrected chi connectivity index (χ4v) is 2.55. The van der Waals surface area contributed by atoms with Gasteiger partial charge in [-0.15, -0.1) is 0 Å². The Bertz CT molecular complexity index is 1040. The zero-order valence-corrected chi connectivity index (χ0v) is 14.3. The Hall–Kier alpha value is -3.40. The lowest BCUT2D eigenvalue weighted by molar-refractivity contribution is -0.137. The molecule has 0 radical (unpaired) electrons.